The van der Waals surface area contributed by atoms with Gasteiger partial charge in [0.2, 0.25) is 0 Å². The lowest BCUT2D eigenvalue weighted by Crippen LogP contribution is -2.35. The zero-order valence-corrected chi connectivity index (χ0v) is 21.2. The zero-order valence-electron chi connectivity index (χ0n) is 21.2. The summed E-state index contributed by atoms with van der Waals surface area (Å²) in [5.74, 6) is 0.382. The molecule has 1 aliphatic rings. The Kier molecular flexibility index (Phi) is 8.72. The van der Waals surface area contributed by atoms with Gasteiger partial charge >= 0.3 is 0 Å². The Labute approximate surface area is 204 Å². The molecule has 0 bridgehead atoms. The van der Waals surface area contributed by atoms with Crippen LogP contribution in [-0.4, -0.2) is 45.2 Å². The molecule has 0 aromatic heterocycles. The zero-order chi connectivity index (χ0) is 24.7. The maximum atomic E-state index is 13.1. The van der Waals surface area contributed by atoms with E-state index in [0.29, 0.717) is 35.9 Å². The van der Waals surface area contributed by atoms with E-state index in [-0.39, 0.29) is 17.2 Å². The normalized spacial score (nSPS) is 14.7. The second-order valence-corrected chi connectivity index (χ2v) is 10.3. The second-order valence-electron chi connectivity index (χ2n) is 10.3. The number of carbonyl (C=O) groups excluding carboxylic acids is 2. The first-order valence-corrected chi connectivity index (χ1v) is 12.3. The van der Waals surface area contributed by atoms with Gasteiger partial charge in [-0.25, -0.2) is 0 Å². The van der Waals surface area contributed by atoms with Crippen molar-refractivity contribution in [2.45, 2.75) is 52.4 Å². The van der Waals surface area contributed by atoms with Gasteiger partial charge in [-0.3, -0.25) is 9.59 Å². The fourth-order valence-electron chi connectivity index (χ4n) is 4.16. The number of benzene rings is 2. The van der Waals surface area contributed by atoms with E-state index in [0.717, 1.165) is 38.0 Å². The number of rotatable bonds is 8. The Morgan fingerprint density at radius 2 is 1.71 bits per heavy atom. The van der Waals surface area contributed by atoms with Gasteiger partial charge in [0.1, 0.15) is 0 Å². The van der Waals surface area contributed by atoms with Gasteiger partial charge in [0.15, 0.2) is 0 Å². The van der Waals surface area contributed by atoms with Crippen molar-refractivity contribution in [3.05, 3.63) is 59.2 Å². The molecule has 0 atom stereocenters. The standard InChI is InChI=1S/C28H39N3O3/c1-20-13-16-31(17-14-20)25-12-11-23(19-24(25)27(33)29-15-6-18-34-5)30-26(32)21-7-9-22(10-8-21)28(2,3)4/h7-12,19-20H,6,13-18H2,1-5H3,(H,29,33)(H,30,32). The Hall–Kier alpha value is -2.86. The molecule has 6 nitrogen and oxygen atoms in total. The lowest BCUT2D eigenvalue weighted by Gasteiger charge is -2.33. The smallest absolute Gasteiger partial charge is 0.255 e. The van der Waals surface area contributed by atoms with Gasteiger partial charge in [0.25, 0.3) is 11.8 Å². The van der Waals surface area contributed by atoms with Gasteiger partial charge in [-0.15, -0.1) is 0 Å². The van der Waals surface area contributed by atoms with E-state index in [4.69, 9.17) is 4.74 Å². The first-order valence-electron chi connectivity index (χ1n) is 12.3. The molecule has 1 fully saturated rings. The highest BCUT2D eigenvalue weighted by Crippen LogP contribution is 2.29. The molecule has 6 heteroatoms. The van der Waals surface area contributed by atoms with Crippen LogP contribution in [0.25, 0.3) is 0 Å². The third-order valence-corrected chi connectivity index (χ3v) is 6.45. The molecule has 1 saturated heterocycles. The molecular formula is C28H39N3O3. The van der Waals surface area contributed by atoms with Crippen molar-refractivity contribution in [2.24, 2.45) is 5.92 Å². The van der Waals surface area contributed by atoms with Gasteiger partial charge < -0.3 is 20.3 Å². The third kappa shape index (κ3) is 6.83. The van der Waals surface area contributed by atoms with Crippen LogP contribution in [0.1, 0.15) is 73.2 Å². The summed E-state index contributed by atoms with van der Waals surface area (Å²) < 4.78 is 5.08. The van der Waals surface area contributed by atoms with Gasteiger partial charge in [0.05, 0.1) is 5.56 Å². The van der Waals surface area contributed by atoms with Crippen molar-refractivity contribution < 1.29 is 14.3 Å². The summed E-state index contributed by atoms with van der Waals surface area (Å²) in [5, 5.41) is 5.96. The molecule has 2 amide bonds. The lowest BCUT2D eigenvalue weighted by atomic mass is 9.87. The molecule has 2 N–H and O–H groups in total. The number of anilines is 2. The van der Waals surface area contributed by atoms with Crippen molar-refractivity contribution in [2.75, 3.05) is 43.6 Å². The molecule has 0 radical (unpaired) electrons. The molecule has 184 valence electrons. The first-order chi connectivity index (χ1) is 16.2. The maximum Gasteiger partial charge on any atom is 0.255 e. The van der Waals surface area contributed by atoms with Crippen LogP contribution in [0.15, 0.2) is 42.5 Å². The van der Waals surface area contributed by atoms with Crippen molar-refractivity contribution in [3.63, 3.8) is 0 Å². The molecule has 0 unspecified atom stereocenters. The highest BCUT2D eigenvalue weighted by Gasteiger charge is 2.22. The molecule has 2 aromatic rings. The summed E-state index contributed by atoms with van der Waals surface area (Å²) in [6.07, 6.45) is 2.97. The van der Waals surface area contributed by atoms with Gasteiger partial charge in [-0.2, -0.15) is 0 Å². The monoisotopic (exact) mass is 465 g/mol. The predicted octanol–water partition coefficient (Wildman–Crippen LogP) is 5.24. The Morgan fingerprint density at radius 1 is 1.03 bits per heavy atom. The fraction of sp³-hybridized carbons (Fsp3) is 0.500. The lowest BCUT2D eigenvalue weighted by molar-refractivity contribution is 0.0947. The van der Waals surface area contributed by atoms with Crippen LogP contribution in [0.2, 0.25) is 0 Å². The second kappa shape index (κ2) is 11.5. The van der Waals surface area contributed by atoms with Crippen LogP contribution in [-0.2, 0) is 10.2 Å². The van der Waals surface area contributed by atoms with Crippen LogP contribution in [0.5, 0.6) is 0 Å². The van der Waals surface area contributed by atoms with E-state index in [1.54, 1.807) is 13.2 Å². The first kappa shape index (κ1) is 25.8. The van der Waals surface area contributed by atoms with Crippen LogP contribution in [0, 0.1) is 5.92 Å². The highest BCUT2D eigenvalue weighted by molar-refractivity contribution is 6.06. The average Bonchev–Trinajstić information content (AvgIpc) is 2.82. The van der Waals surface area contributed by atoms with Crippen LogP contribution in [0.3, 0.4) is 0 Å². The molecule has 0 saturated carbocycles. The molecule has 34 heavy (non-hydrogen) atoms. The van der Waals surface area contributed by atoms with E-state index < -0.39 is 0 Å². The number of methoxy groups -OCH3 is 1. The highest BCUT2D eigenvalue weighted by atomic mass is 16.5. The van der Waals surface area contributed by atoms with E-state index in [9.17, 15) is 9.59 Å². The number of ether oxygens (including phenoxy) is 1. The summed E-state index contributed by atoms with van der Waals surface area (Å²) in [4.78, 5) is 28.2. The van der Waals surface area contributed by atoms with E-state index in [1.165, 1.54) is 5.56 Å². The Balaban J connectivity index is 1.79. The predicted molar refractivity (Wildman–Crippen MR) is 139 cm³/mol. The number of hydrogen-bond acceptors (Lipinski definition) is 4. The molecule has 1 heterocycles. The average molecular weight is 466 g/mol. The number of piperidine rings is 1. The quantitative estimate of drug-likeness (QED) is 0.523. The van der Waals surface area contributed by atoms with Crippen molar-refractivity contribution in [1.82, 2.24) is 5.32 Å². The summed E-state index contributed by atoms with van der Waals surface area (Å²) in [7, 11) is 1.65. The maximum absolute atomic E-state index is 13.1. The van der Waals surface area contributed by atoms with Crippen LogP contribution >= 0.6 is 0 Å². The molecular weight excluding hydrogens is 426 g/mol. The van der Waals surface area contributed by atoms with Crippen LogP contribution < -0.4 is 15.5 Å². The SMILES string of the molecule is COCCCNC(=O)c1cc(NC(=O)c2ccc(C(C)(C)C)cc2)ccc1N1CCC(C)CC1. The molecule has 0 aliphatic carbocycles. The molecule has 3 rings (SSSR count). The largest absolute Gasteiger partial charge is 0.385 e. The number of carbonyl (C=O) groups is 2. The van der Waals surface area contributed by atoms with Crippen LogP contribution in [0.4, 0.5) is 11.4 Å². The minimum Gasteiger partial charge on any atom is -0.385 e. The minimum atomic E-state index is -0.188. The Bertz CT molecular complexity index is 971. The summed E-state index contributed by atoms with van der Waals surface area (Å²) in [5.41, 5.74) is 3.92. The molecule has 2 aromatic carbocycles. The fourth-order valence-corrected chi connectivity index (χ4v) is 4.16. The van der Waals surface area contributed by atoms with Gasteiger partial charge in [0, 0.05) is 50.3 Å². The van der Waals surface area contributed by atoms with Crippen molar-refractivity contribution >= 4 is 23.2 Å². The van der Waals surface area contributed by atoms with Gasteiger partial charge in [-0.1, -0.05) is 39.8 Å². The van der Waals surface area contributed by atoms with E-state index >= 15 is 0 Å². The van der Waals surface area contributed by atoms with Crippen molar-refractivity contribution in [1.29, 1.82) is 0 Å². The van der Waals surface area contributed by atoms with Gasteiger partial charge in [-0.05, 0) is 66.5 Å². The number of nitrogens with one attached hydrogen (secondary N) is 2. The topological polar surface area (TPSA) is 70.7 Å². The Morgan fingerprint density at radius 3 is 2.32 bits per heavy atom. The molecule has 1 aliphatic heterocycles. The number of nitrogens with zero attached hydrogens (tertiary/aromatic N) is 1. The number of hydrogen-bond donors (Lipinski definition) is 2. The van der Waals surface area contributed by atoms with E-state index in [2.05, 4.69) is 43.2 Å². The summed E-state index contributed by atoms with van der Waals surface area (Å²) in [6.45, 7) is 11.7. The summed E-state index contributed by atoms with van der Waals surface area (Å²) >= 11 is 0. The number of amides is 2. The molecule has 0 spiro atoms. The minimum absolute atomic E-state index is 0.0304. The van der Waals surface area contributed by atoms with E-state index in [1.807, 2.05) is 36.4 Å². The third-order valence-electron chi connectivity index (χ3n) is 6.45. The summed E-state index contributed by atoms with van der Waals surface area (Å²) in [6, 6.07) is 13.3. The van der Waals surface area contributed by atoms with Crippen molar-refractivity contribution in [3.8, 4) is 0 Å².